The van der Waals surface area contributed by atoms with Gasteiger partial charge in [0.15, 0.2) is 5.92 Å². The number of phenolic OH excluding ortho intramolecular Hbond substituents is 1. The summed E-state index contributed by atoms with van der Waals surface area (Å²) in [5.74, 6) is 0.219. The second-order valence-corrected chi connectivity index (χ2v) is 15.6. The Labute approximate surface area is 361 Å². The quantitative estimate of drug-likeness (QED) is 0.0618. The number of methoxy groups -OCH3 is 2. The Morgan fingerprint density at radius 2 is 1.51 bits per heavy atom. The lowest BCUT2D eigenvalue weighted by Gasteiger charge is -2.46. The van der Waals surface area contributed by atoms with Crippen molar-refractivity contribution in [3.63, 3.8) is 0 Å². The van der Waals surface area contributed by atoms with Gasteiger partial charge < -0.3 is 34.9 Å². The van der Waals surface area contributed by atoms with E-state index < -0.39 is 71.2 Å². The molecule has 14 heteroatoms. The van der Waals surface area contributed by atoms with Crippen LogP contribution in [0.15, 0.2) is 127 Å². The fraction of sp³-hybridized carbons (Fsp3) is 0.224. The molecule has 63 heavy (non-hydrogen) atoms. The van der Waals surface area contributed by atoms with Gasteiger partial charge in [-0.15, -0.1) is 0 Å². The molecule has 3 aliphatic heterocycles. The van der Waals surface area contributed by atoms with Gasteiger partial charge in [-0.1, -0.05) is 96.8 Å². The van der Waals surface area contributed by atoms with Crippen LogP contribution in [-0.4, -0.2) is 70.0 Å². The summed E-state index contributed by atoms with van der Waals surface area (Å²) in [5, 5.41) is 16.7. The number of carbonyl (C=O) groups excluding carboxylic acids is 5. The maximum atomic E-state index is 15.4. The van der Waals surface area contributed by atoms with Crippen molar-refractivity contribution in [1.82, 2.24) is 20.2 Å². The smallest absolute Gasteiger partial charge is 0.324 e. The summed E-state index contributed by atoms with van der Waals surface area (Å²) in [6.45, 7) is -0.0535. The Balaban J connectivity index is 1.25. The van der Waals surface area contributed by atoms with Crippen molar-refractivity contribution in [2.45, 2.75) is 42.6 Å². The average Bonchev–Trinajstić information content (AvgIpc) is 3.97. The average molecular weight is 844 g/mol. The number of imidazole rings is 1. The molecule has 2 amide bonds. The number of hydrogen-bond donors (Lipinski definition) is 4. The molecular formula is C49H41N5O9. The van der Waals surface area contributed by atoms with Crippen molar-refractivity contribution < 1.29 is 43.3 Å². The third-order valence-electron chi connectivity index (χ3n) is 12.2. The van der Waals surface area contributed by atoms with E-state index in [0.717, 1.165) is 11.1 Å². The van der Waals surface area contributed by atoms with E-state index in [2.05, 4.69) is 32.4 Å². The first-order valence-corrected chi connectivity index (χ1v) is 20.3. The number of ether oxygens (including phenoxy) is 3. The van der Waals surface area contributed by atoms with Crippen molar-refractivity contribution >= 4 is 46.4 Å². The van der Waals surface area contributed by atoms with Crippen LogP contribution in [0, 0.1) is 23.7 Å². The van der Waals surface area contributed by atoms with Gasteiger partial charge in [-0.2, -0.15) is 0 Å². The van der Waals surface area contributed by atoms with Crippen molar-refractivity contribution in [3.05, 3.63) is 161 Å². The molecule has 9 rings (SSSR count). The lowest BCUT2D eigenvalue weighted by atomic mass is 9.65. The van der Waals surface area contributed by atoms with Crippen LogP contribution in [0.25, 0.3) is 11.0 Å². The fourth-order valence-electron chi connectivity index (χ4n) is 9.50. The molecule has 0 saturated carbocycles. The summed E-state index contributed by atoms with van der Waals surface area (Å²) < 4.78 is 16.1. The normalized spacial score (nSPS) is 22.4. The number of phenols is 1. The molecule has 0 unspecified atom stereocenters. The number of esters is 3. The molecule has 6 atom stereocenters. The summed E-state index contributed by atoms with van der Waals surface area (Å²) in [4.78, 5) is 80.5. The third kappa shape index (κ3) is 7.02. The summed E-state index contributed by atoms with van der Waals surface area (Å²) in [5.41, 5.74) is 2.87. The number of cyclic esters (lactones) is 1. The minimum Gasteiger partial charge on any atom is -0.508 e. The number of H-pyrrole nitrogens is 1. The SMILES string of the molecule is COC(=O)C(CC#Cc1ccc2c(c1)[C@]1(C(=O)N2)[C@H](C(=O)NCc2nc3ccccc3[nH]2)[C@H]2C(=O)O[C@H](c3ccccc3)[C@H](c3ccccc3)N2[C@@H]1c1ccc(O)cc1)C(=O)OC. The molecule has 1 spiro atoms. The Bertz CT molecular complexity index is 2770. The number of nitrogens with one attached hydrogen (secondary N) is 3. The van der Waals surface area contributed by atoms with Crippen molar-refractivity contribution in [3.8, 4) is 17.6 Å². The number of hydrogen-bond acceptors (Lipinski definition) is 11. The lowest BCUT2D eigenvalue weighted by Crippen LogP contribution is -2.54. The molecule has 2 saturated heterocycles. The number of rotatable bonds is 9. The molecule has 4 heterocycles. The van der Waals surface area contributed by atoms with Crippen LogP contribution >= 0.6 is 0 Å². The van der Waals surface area contributed by atoms with Crippen LogP contribution in [0.4, 0.5) is 5.69 Å². The molecule has 2 fully saturated rings. The first kappa shape index (κ1) is 40.6. The standard InChI is InChI=1S/C49H41N5O9/c1-61-45(57)33(46(58)62-2)17-11-12-28-20-25-35-34(26-28)49(48(60)53-35)39(44(56)50-27-38-51-36-18-9-10-19-37(36)52-38)41-47(59)63-42(30-15-7-4-8-16-30)40(29-13-5-3-6-14-29)54(41)43(49)31-21-23-32(55)24-22-31/h3-10,13-16,18-26,33,39-43,55H,17,27H2,1-2H3,(H,50,56)(H,51,52)(H,53,60)/t39-,40-,41-,42+,43+,49-/m0/s1. The molecule has 0 radical (unpaired) electrons. The van der Waals surface area contributed by atoms with Crippen LogP contribution in [-0.2, 0) is 50.1 Å². The Morgan fingerprint density at radius 3 is 2.19 bits per heavy atom. The summed E-state index contributed by atoms with van der Waals surface area (Å²) in [6.07, 6.45) is -1.09. The maximum absolute atomic E-state index is 15.4. The number of aromatic nitrogens is 2. The van der Waals surface area contributed by atoms with Crippen LogP contribution < -0.4 is 10.6 Å². The maximum Gasteiger partial charge on any atom is 0.324 e. The van der Waals surface area contributed by atoms with Gasteiger partial charge in [-0.05, 0) is 64.7 Å². The molecule has 0 bridgehead atoms. The van der Waals surface area contributed by atoms with Crippen molar-refractivity contribution in [2.75, 3.05) is 19.5 Å². The summed E-state index contributed by atoms with van der Waals surface area (Å²) in [6, 6.07) is 34.7. The molecule has 316 valence electrons. The van der Waals surface area contributed by atoms with E-state index in [4.69, 9.17) is 14.2 Å². The van der Waals surface area contributed by atoms with Gasteiger partial charge >= 0.3 is 17.9 Å². The number of aromatic hydroxyl groups is 1. The number of morpholine rings is 1. The van der Waals surface area contributed by atoms with Crippen LogP contribution in [0.3, 0.4) is 0 Å². The van der Waals surface area contributed by atoms with Gasteiger partial charge in [0.1, 0.15) is 29.1 Å². The predicted octanol–water partition coefficient (Wildman–Crippen LogP) is 5.56. The van der Waals surface area contributed by atoms with Gasteiger partial charge in [-0.25, -0.2) is 4.98 Å². The van der Waals surface area contributed by atoms with Gasteiger partial charge in [0.05, 0.1) is 49.8 Å². The number of carbonyl (C=O) groups is 5. The zero-order chi connectivity index (χ0) is 43.8. The Hall–Kier alpha value is -7.76. The van der Waals surface area contributed by atoms with E-state index in [1.54, 1.807) is 30.3 Å². The summed E-state index contributed by atoms with van der Waals surface area (Å²) in [7, 11) is 2.33. The monoisotopic (exact) mass is 843 g/mol. The zero-order valence-electron chi connectivity index (χ0n) is 34.1. The van der Waals surface area contributed by atoms with E-state index in [9.17, 15) is 14.7 Å². The highest BCUT2D eigenvalue weighted by Gasteiger charge is 2.74. The molecule has 1 aromatic heterocycles. The topological polar surface area (TPSA) is 189 Å². The zero-order valence-corrected chi connectivity index (χ0v) is 34.1. The van der Waals surface area contributed by atoms with Crippen molar-refractivity contribution in [2.24, 2.45) is 11.8 Å². The van der Waals surface area contributed by atoms with Crippen molar-refractivity contribution in [1.29, 1.82) is 0 Å². The molecule has 5 aromatic carbocycles. The molecule has 14 nitrogen and oxygen atoms in total. The van der Waals surface area contributed by atoms with E-state index in [0.29, 0.717) is 39.3 Å². The Kier molecular flexibility index (Phi) is 10.7. The van der Waals surface area contributed by atoms with E-state index in [1.807, 2.05) is 89.8 Å². The van der Waals surface area contributed by atoms with E-state index in [1.165, 1.54) is 26.4 Å². The number of para-hydroxylation sites is 2. The first-order valence-electron chi connectivity index (χ1n) is 20.3. The molecule has 3 aliphatic rings. The lowest BCUT2D eigenvalue weighted by molar-refractivity contribution is -0.178. The number of anilines is 1. The summed E-state index contributed by atoms with van der Waals surface area (Å²) >= 11 is 0. The second kappa shape index (κ2) is 16.6. The van der Waals surface area contributed by atoms with Gasteiger partial charge in [0.2, 0.25) is 11.8 Å². The number of amides is 2. The predicted molar refractivity (Wildman–Crippen MR) is 228 cm³/mol. The van der Waals surface area contributed by atoms with Crippen LogP contribution in [0.1, 0.15) is 58.3 Å². The number of fused-ring (bicyclic) bond motifs is 4. The highest BCUT2D eigenvalue weighted by molar-refractivity contribution is 6.12. The largest absolute Gasteiger partial charge is 0.508 e. The third-order valence-corrected chi connectivity index (χ3v) is 12.2. The number of benzene rings is 5. The second-order valence-electron chi connectivity index (χ2n) is 15.6. The highest BCUT2D eigenvalue weighted by atomic mass is 16.6. The highest BCUT2D eigenvalue weighted by Crippen LogP contribution is 2.64. The minimum absolute atomic E-state index is 0.0200. The van der Waals surface area contributed by atoms with Gasteiger partial charge in [-0.3, -0.25) is 28.9 Å². The van der Waals surface area contributed by atoms with E-state index in [-0.39, 0.29) is 18.7 Å². The number of aromatic amines is 1. The van der Waals surface area contributed by atoms with E-state index >= 15 is 14.4 Å². The van der Waals surface area contributed by atoms with Crippen LogP contribution in [0.2, 0.25) is 0 Å². The molecular weight excluding hydrogens is 803 g/mol. The molecule has 6 aromatic rings. The minimum atomic E-state index is -1.83. The Morgan fingerprint density at radius 1 is 0.841 bits per heavy atom. The molecule has 4 N–H and O–H groups in total. The van der Waals surface area contributed by atoms with Gasteiger partial charge in [0, 0.05) is 17.7 Å². The fourth-order valence-corrected chi connectivity index (χ4v) is 9.50. The van der Waals surface area contributed by atoms with Crippen LogP contribution in [0.5, 0.6) is 5.75 Å². The van der Waals surface area contributed by atoms with Gasteiger partial charge in [0.25, 0.3) is 0 Å². The number of nitrogens with zero attached hydrogens (tertiary/aromatic N) is 2. The molecule has 0 aliphatic carbocycles. The first-order chi connectivity index (χ1) is 30.6.